The van der Waals surface area contributed by atoms with Crippen LogP contribution in [-0.4, -0.2) is 39.5 Å². The highest BCUT2D eigenvalue weighted by molar-refractivity contribution is 6.03. The van der Waals surface area contributed by atoms with Gasteiger partial charge in [-0.05, 0) is 26.0 Å². The van der Waals surface area contributed by atoms with Gasteiger partial charge in [-0.1, -0.05) is 0 Å². The van der Waals surface area contributed by atoms with E-state index in [1.807, 2.05) is 0 Å². The van der Waals surface area contributed by atoms with Gasteiger partial charge in [0.15, 0.2) is 11.5 Å². The Hall–Kier alpha value is -2.44. The highest BCUT2D eigenvalue weighted by Gasteiger charge is 2.24. The van der Waals surface area contributed by atoms with Crippen molar-refractivity contribution >= 4 is 17.7 Å². The molecule has 7 nitrogen and oxygen atoms in total. The van der Waals surface area contributed by atoms with Crippen molar-refractivity contribution in [3.8, 4) is 11.5 Å². The van der Waals surface area contributed by atoms with Gasteiger partial charge in [0, 0.05) is 0 Å². The van der Waals surface area contributed by atoms with Crippen LogP contribution in [0.25, 0.3) is 0 Å². The van der Waals surface area contributed by atoms with Crippen LogP contribution in [-0.2, 0) is 9.47 Å². The van der Waals surface area contributed by atoms with Crippen LogP contribution >= 0.6 is 0 Å². The molecule has 0 atom stereocenters. The summed E-state index contributed by atoms with van der Waals surface area (Å²) < 4.78 is 20.1. The quantitative estimate of drug-likeness (QED) is 0.812. The van der Waals surface area contributed by atoms with E-state index < -0.39 is 12.1 Å². The minimum atomic E-state index is -0.671. The van der Waals surface area contributed by atoms with Gasteiger partial charge in [-0.25, -0.2) is 9.59 Å². The van der Waals surface area contributed by atoms with Gasteiger partial charge in [0.2, 0.25) is 0 Å². The highest BCUT2D eigenvalue weighted by Crippen LogP contribution is 2.36. The number of rotatable bonds is 6. The molecule has 0 fully saturated rings. The Morgan fingerprint density at radius 2 is 1.71 bits per heavy atom. The first-order chi connectivity index (χ1) is 10.1. The van der Waals surface area contributed by atoms with Gasteiger partial charge < -0.3 is 18.9 Å². The third kappa shape index (κ3) is 4.01. The number of hydrogen-bond acceptors (Lipinski definition) is 6. The van der Waals surface area contributed by atoms with E-state index in [0.29, 0.717) is 5.75 Å². The lowest BCUT2D eigenvalue weighted by Crippen LogP contribution is -2.17. The van der Waals surface area contributed by atoms with Gasteiger partial charge in [0.05, 0.1) is 33.1 Å². The largest absolute Gasteiger partial charge is 0.493 e. The topological polar surface area (TPSA) is 83.1 Å². The molecule has 1 aromatic rings. The lowest BCUT2D eigenvalue weighted by molar-refractivity contribution is 0.0523. The van der Waals surface area contributed by atoms with Gasteiger partial charge in [-0.15, -0.1) is 0 Å². The summed E-state index contributed by atoms with van der Waals surface area (Å²) in [7, 11) is 2.85. The molecule has 1 N–H and O–H groups in total. The first-order valence-electron chi connectivity index (χ1n) is 6.44. The Morgan fingerprint density at radius 1 is 1.05 bits per heavy atom. The van der Waals surface area contributed by atoms with Crippen LogP contribution in [0.1, 0.15) is 24.2 Å². The Morgan fingerprint density at radius 3 is 2.24 bits per heavy atom. The van der Waals surface area contributed by atoms with Crippen molar-refractivity contribution in [2.45, 2.75) is 13.8 Å². The molecule has 1 aromatic carbocycles. The number of ether oxygens (including phenoxy) is 4. The van der Waals surface area contributed by atoms with Crippen molar-refractivity contribution < 1.29 is 28.5 Å². The van der Waals surface area contributed by atoms with E-state index in [0.717, 1.165) is 0 Å². The van der Waals surface area contributed by atoms with Crippen LogP contribution in [0.3, 0.4) is 0 Å². The lowest BCUT2D eigenvalue weighted by atomic mass is 10.1. The second kappa shape index (κ2) is 7.98. The predicted molar refractivity (Wildman–Crippen MR) is 76.1 cm³/mol. The summed E-state index contributed by atoms with van der Waals surface area (Å²) in [6.45, 7) is 3.77. The summed E-state index contributed by atoms with van der Waals surface area (Å²) in [5, 5.41) is 2.48. The Labute approximate surface area is 123 Å². The fourth-order valence-corrected chi connectivity index (χ4v) is 1.71. The van der Waals surface area contributed by atoms with Crippen LogP contribution in [0.15, 0.2) is 12.1 Å². The van der Waals surface area contributed by atoms with Crippen LogP contribution in [0.2, 0.25) is 0 Å². The molecule has 0 aliphatic rings. The maximum Gasteiger partial charge on any atom is 0.411 e. The van der Waals surface area contributed by atoms with E-state index in [-0.39, 0.29) is 30.2 Å². The van der Waals surface area contributed by atoms with E-state index in [9.17, 15) is 9.59 Å². The van der Waals surface area contributed by atoms with E-state index in [2.05, 4.69) is 5.32 Å². The molecule has 0 aliphatic carbocycles. The molecule has 0 radical (unpaired) electrons. The molecular formula is C14H19NO6. The molecule has 0 spiro atoms. The van der Waals surface area contributed by atoms with E-state index in [1.54, 1.807) is 19.9 Å². The lowest BCUT2D eigenvalue weighted by Gasteiger charge is -2.16. The maximum atomic E-state index is 12.1. The molecule has 1 rings (SSSR count). The van der Waals surface area contributed by atoms with Crippen molar-refractivity contribution in [1.29, 1.82) is 0 Å². The van der Waals surface area contributed by atoms with E-state index in [4.69, 9.17) is 18.9 Å². The fourth-order valence-electron chi connectivity index (χ4n) is 1.71. The van der Waals surface area contributed by atoms with Gasteiger partial charge in [0.1, 0.15) is 5.56 Å². The number of carbonyl (C=O) groups is 2. The third-order valence-electron chi connectivity index (χ3n) is 2.54. The van der Waals surface area contributed by atoms with Crippen molar-refractivity contribution in [1.82, 2.24) is 0 Å². The summed E-state index contributed by atoms with van der Waals surface area (Å²) >= 11 is 0. The summed E-state index contributed by atoms with van der Waals surface area (Å²) in [6.07, 6.45) is -0.671. The molecule has 1 amide bonds. The smallest absolute Gasteiger partial charge is 0.411 e. The van der Waals surface area contributed by atoms with Gasteiger partial charge in [0.25, 0.3) is 0 Å². The van der Waals surface area contributed by atoms with Crippen LogP contribution in [0.5, 0.6) is 11.5 Å². The predicted octanol–water partition coefficient (Wildman–Crippen LogP) is 2.45. The molecule has 0 saturated carbocycles. The standard InChI is InChI=1S/C14H19NO6/c1-5-20-13(16)11-9(15-14(17)21-6-2)7-8-10(18-3)12(11)19-4/h7-8H,5-6H2,1-4H3,(H,15,17). The van der Waals surface area contributed by atoms with Crippen LogP contribution < -0.4 is 14.8 Å². The SMILES string of the molecule is CCOC(=O)Nc1ccc(OC)c(OC)c1C(=O)OCC. The normalized spacial score (nSPS) is 9.71. The molecular weight excluding hydrogens is 278 g/mol. The number of amides is 1. The summed E-state index contributed by atoms with van der Waals surface area (Å²) in [4.78, 5) is 23.6. The average Bonchev–Trinajstić information content (AvgIpc) is 2.46. The molecule has 0 heterocycles. The van der Waals surface area contributed by atoms with Gasteiger partial charge >= 0.3 is 12.1 Å². The number of carbonyl (C=O) groups excluding carboxylic acids is 2. The molecule has 0 bridgehead atoms. The second-order valence-electron chi connectivity index (χ2n) is 3.79. The minimum absolute atomic E-state index is 0.0757. The molecule has 21 heavy (non-hydrogen) atoms. The van der Waals surface area contributed by atoms with Crippen molar-refractivity contribution in [3.63, 3.8) is 0 Å². The highest BCUT2D eigenvalue weighted by atomic mass is 16.6. The van der Waals surface area contributed by atoms with Crippen molar-refractivity contribution in [2.24, 2.45) is 0 Å². The molecule has 0 aromatic heterocycles. The monoisotopic (exact) mass is 297 g/mol. The third-order valence-corrected chi connectivity index (χ3v) is 2.54. The fraction of sp³-hybridized carbons (Fsp3) is 0.429. The summed E-state index contributed by atoms with van der Waals surface area (Å²) in [6, 6.07) is 3.09. The van der Waals surface area contributed by atoms with Crippen LogP contribution in [0, 0.1) is 0 Å². The Kier molecular flexibility index (Phi) is 6.32. The first-order valence-corrected chi connectivity index (χ1v) is 6.44. The number of nitrogens with one attached hydrogen (secondary N) is 1. The molecule has 0 saturated heterocycles. The number of esters is 1. The van der Waals surface area contributed by atoms with Crippen LogP contribution in [0.4, 0.5) is 10.5 Å². The maximum absolute atomic E-state index is 12.1. The zero-order chi connectivity index (χ0) is 15.8. The minimum Gasteiger partial charge on any atom is -0.493 e. The number of benzene rings is 1. The molecule has 0 unspecified atom stereocenters. The number of hydrogen-bond donors (Lipinski definition) is 1. The number of methoxy groups -OCH3 is 2. The van der Waals surface area contributed by atoms with Gasteiger partial charge in [-0.3, -0.25) is 5.32 Å². The first kappa shape index (κ1) is 16.6. The molecule has 7 heteroatoms. The second-order valence-corrected chi connectivity index (χ2v) is 3.79. The average molecular weight is 297 g/mol. The Balaban J connectivity index is 3.28. The Bertz CT molecular complexity index is 514. The zero-order valence-electron chi connectivity index (χ0n) is 12.5. The van der Waals surface area contributed by atoms with E-state index in [1.165, 1.54) is 20.3 Å². The zero-order valence-corrected chi connectivity index (χ0v) is 12.5. The van der Waals surface area contributed by atoms with Gasteiger partial charge in [-0.2, -0.15) is 0 Å². The van der Waals surface area contributed by atoms with Crippen molar-refractivity contribution in [3.05, 3.63) is 17.7 Å². The van der Waals surface area contributed by atoms with Crippen molar-refractivity contribution in [2.75, 3.05) is 32.8 Å². The molecule has 116 valence electrons. The summed E-state index contributed by atoms with van der Waals surface area (Å²) in [5.74, 6) is -0.0831. The van der Waals surface area contributed by atoms with E-state index >= 15 is 0 Å². The molecule has 0 aliphatic heterocycles. The summed E-state index contributed by atoms with van der Waals surface area (Å²) in [5.41, 5.74) is 0.302. The number of anilines is 1.